The van der Waals surface area contributed by atoms with E-state index in [4.69, 9.17) is 14.3 Å². The topological polar surface area (TPSA) is 102 Å². The molecule has 4 aromatic rings. The van der Waals surface area contributed by atoms with Crippen LogP contribution in [0.2, 0.25) is 0 Å². The number of nitrogens with one attached hydrogen (secondary N) is 1. The van der Waals surface area contributed by atoms with Crippen LogP contribution in [0, 0.1) is 13.8 Å². The number of benzene rings is 1. The SMILES string of the molecule is Cc1cn2cc(-c3cc4ccc(OCCNC(C)CO)cc4oc3=O)nc2c(C)n1. The van der Waals surface area contributed by atoms with Gasteiger partial charge in [-0.1, -0.05) is 0 Å². The summed E-state index contributed by atoms with van der Waals surface area (Å²) in [6, 6.07) is 7.20. The Hall–Kier alpha value is -3.23. The lowest BCUT2D eigenvalue weighted by Crippen LogP contribution is -2.32. The van der Waals surface area contributed by atoms with E-state index >= 15 is 0 Å². The number of fused-ring (bicyclic) bond motifs is 2. The molecule has 0 amide bonds. The summed E-state index contributed by atoms with van der Waals surface area (Å²) in [5, 5.41) is 12.9. The zero-order valence-corrected chi connectivity index (χ0v) is 17.2. The van der Waals surface area contributed by atoms with Gasteiger partial charge >= 0.3 is 5.63 Å². The van der Waals surface area contributed by atoms with Gasteiger partial charge < -0.3 is 24.0 Å². The molecule has 0 saturated heterocycles. The van der Waals surface area contributed by atoms with Crippen LogP contribution in [0.25, 0.3) is 27.9 Å². The van der Waals surface area contributed by atoms with E-state index in [1.807, 2.05) is 49.7 Å². The maximum Gasteiger partial charge on any atom is 0.345 e. The predicted octanol–water partition coefficient (Wildman–Crippen LogP) is 2.47. The zero-order chi connectivity index (χ0) is 21.3. The van der Waals surface area contributed by atoms with Gasteiger partial charge in [0.05, 0.1) is 29.3 Å². The number of aliphatic hydroxyl groups excluding tert-OH is 1. The molecular weight excluding hydrogens is 384 g/mol. The Morgan fingerprint density at radius 3 is 2.87 bits per heavy atom. The van der Waals surface area contributed by atoms with Crippen LogP contribution in [-0.4, -0.2) is 45.3 Å². The lowest BCUT2D eigenvalue weighted by Gasteiger charge is -2.11. The van der Waals surface area contributed by atoms with Gasteiger partial charge in [-0.25, -0.2) is 9.78 Å². The van der Waals surface area contributed by atoms with E-state index in [9.17, 15) is 4.79 Å². The molecule has 8 nitrogen and oxygen atoms in total. The van der Waals surface area contributed by atoms with Gasteiger partial charge in [0.1, 0.15) is 17.9 Å². The van der Waals surface area contributed by atoms with Crippen LogP contribution in [-0.2, 0) is 0 Å². The number of imidazole rings is 1. The molecule has 0 spiro atoms. The normalized spacial score (nSPS) is 12.5. The molecule has 30 heavy (non-hydrogen) atoms. The monoisotopic (exact) mass is 408 g/mol. The molecule has 0 radical (unpaired) electrons. The molecule has 0 aliphatic carbocycles. The summed E-state index contributed by atoms with van der Waals surface area (Å²) in [7, 11) is 0. The molecule has 2 N–H and O–H groups in total. The van der Waals surface area contributed by atoms with Gasteiger partial charge in [0.25, 0.3) is 0 Å². The minimum Gasteiger partial charge on any atom is -0.492 e. The van der Waals surface area contributed by atoms with Crippen LogP contribution in [0.3, 0.4) is 0 Å². The smallest absolute Gasteiger partial charge is 0.345 e. The first kappa shape index (κ1) is 20.1. The van der Waals surface area contributed by atoms with E-state index < -0.39 is 5.63 Å². The van der Waals surface area contributed by atoms with Crippen LogP contribution in [0.1, 0.15) is 18.3 Å². The summed E-state index contributed by atoms with van der Waals surface area (Å²) in [5.41, 5.74) is 3.34. The number of aryl methyl sites for hydroxylation is 2. The van der Waals surface area contributed by atoms with Crippen LogP contribution in [0.15, 0.2) is 45.9 Å². The van der Waals surface area contributed by atoms with Gasteiger partial charge in [0.15, 0.2) is 5.65 Å². The Morgan fingerprint density at radius 1 is 1.23 bits per heavy atom. The molecule has 3 aromatic heterocycles. The number of rotatable bonds is 7. The second kappa shape index (κ2) is 8.25. The third-order valence-corrected chi connectivity index (χ3v) is 4.85. The molecule has 4 rings (SSSR count). The number of nitrogens with zero attached hydrogens (tertiary/aromatic N) is 3. The van der Waals surface area contributed by atoms with E-state index in [1.54, 1.807) is 12.1 Å². The molecule has 0 aliphatic rings. The van der Waals surface area contributed by atoms with E-state index in [-0.39, 0.29) is 12.6 Å². The predicted molar refractivity (Wildman–Crippen MR) is 114 cm³/mol. The fourth-order valence-corrected chi connectivity index (χ4v) is 3.33. The number of hydrogen-bond acceptors (Lipinski definition) is 7. The summed E-state index contributed by atoms with van der Waals surface area (Å²) in [5.74, 6) is 0.613. The van der Waals surface area contributed by atoms with Crippen molar-refractivity contribution in [1.82, 2.24) is 19.7 Å². The van der Waals surface area contributed by atoms with Gasteiger partial charge in [0.2, 0.25) is 0 Å². The summed E-state index contributed by atoms with van der Waals surface area (Å²) >= 11 is 0. The Morgan fingerprint density at radius 2 is 2.07 bits per heavy atom. The van der Waals surface area contributed by atoms with E-state index in [0.717, 1.165) is 16.8 Å². The lowest BCUT2D eigenvalue weighted by molar-refractivity contribution is 0.239. The lowest BCUT2D eigenvalue weighted by atomic mass is 10.1. The number of ether oxygens (including phenoxy) is 1. The van der Waals surface area contributed by atoms with Crippen molar-refractivity contribution in [3.8, 4) is 17.0 Å². The minimum absolute atomic E-state index is 0.0183. The van der Waals surface area contributed by atoms with Gasteiger partial charge in [-0.05, 0) is 39.0 Å². The van der Waals surface area contributed by atoms with Crippen molar-refractivity contribution in [3.05, 3.63) is 58.5 Å². The van der Waals surface area contributed by atoms with E-state index in [1.165, 1.54) is 0 Å². The minimum atomic E-state index is -0.455. The third-order valence-electron chi connectivity index (χ3n) is 4.85. The fraction of sp³-hybridized carbons (Fsp3) is 0.318. The molecular formula is C22H24N4O4. The maximum atomic E-state index is 12.6. The van der Waals surface area contributed by atoms with Crippen molar-refractivity contribution in [1.29, 1.82) is 0 Å². The highest BCUT2D eigenvalue weighted by Crippen LogP contribution is 2.25. The quantitative estimate of drug-likeness (QED) is 0.358. The molecule has 0 bridgehead atoms. The highest BCUT2D eigenvalue weighted by Gasteiger charge is 2.14. The van der Waals surface area contributed by atoms with Crippen LogP contribution < -0.4 is 15.7 Å². The third kappa shape index (κ3) is 4.05. The van der Waals surface area contributed by atoms with Gasteiger partial charge in [0, 0.05) is 36.4 Å². The molecule has 0 fully saturated rings. The first-order valence-corrected chi connectivity index (χ1v) is 9.83. The second-order valence-electron chi connectivity index (χ2n) is 7.36. The van der Waals surface area contributed by atoms with Crippen molar-refractivity contribution in [3.63, 3.8) is 0 Å². The molecule has 0 aliphatic heterocycles. The Balaban J connectivity index is 1.60. The highest BCUT2D eigenvalue weighted by atomic mass is 16.5. The number of aliphatic hydroxyl groups is 1. The van der Waals surface area contributed by atoms with Gasteiger partial charge in [-0.2, -0.15) is 0 Å². The fourth-order valence-electron chi connectivity index (χ4n) is 3.33. The van der Waals surface area contributed by atoms with E-state index in [0.29, 0.717) is 41.4 Å². The molecule has 1 atom stereocenters. The average molecular weight is 408 g/mol. The highest BCUT2D eigenvalue weighted by molar-refractivity contribution is 5.82. The second-order valence-corrected chi connectivity index (χ2v) is 7.36. The van der Waals surface area contributed by atoms with Gasteiger partial charge in [-0.15, -0.1) is 0 Å². The zero-order valence-electron chi connectivity index (χ0n) is 17.2. The molecule has 1 aromatic carbocycles. The average Bonchev–Trinajstić information content (AvgIpc) is 3.14. The summed E-state index contributed by atoms with van der Waals surface area (Å²) < 4.78 is 13.1. The van der Waals surface area contributed by atoms with Crippen molar-refractivity contribution in [2.24, 2.45) is 0 Å². The molecule has 156 valence electrons. The summed E-state index contributed by atoms with van der Waals surface area (Å²) in [6.45, 7) is 6.81. The Labute approximate surface area is 173 Å². The number of aromatic nitrogens is 3. The van der Waals surface area contributed by atoms with Crippen LogP contribution >= 0.6 is 0 Å². The van der Waals surface area contributed by atoms with Crippen LogP contribution in [0.4, 0.5) is 0 Å². The first-order valence-electron chi connectivity index (χ1n) is 9.83. The molecule has 8 heteroatoms. The summed E-state index contributed by atoms with van der Waals surface area (Å²) in [4.78, 5) is 21.6. The molecule has 0 saturated carbocycles. The van der Waals surface area contributed by atoms with Crippen molar-refractivity contribution in [2.45, 2.75) is 26.8 Å². The molecule has 1 unspecified atom stereocenters. The van der Waals surface area contributed by atoms with Crippen molar-refractivity contribution < 1.29 is 14.3 Å². The standard InChI is InChI=1S/C22H24N4O4/c1-13-10-26-11-19(25-21(26)15(3)24-13)18-8-16-4-5-17(9-20(16)30-22(18)28)29-7-6-23-14(2)12-27/h4-5,8-11,14,23,27H,6-7,12H2,1-3H3. The number of hydrogen-bond donors (Lipinski definition) is 2. The van der Waals surface area contributed by atoms with Crippen molar-refractivity contribution >= 4 is 16.6 Å². The maximum absolute atomic E-state index is 12.6. The molecule has 3 heterocycles. The largest absolute Gasteiger partial charge is 0.492 e. The first-order chi connectivity index (χ1) is 14.4. The summed E-state index contributed by atoms with van der Waals surface area (Å²) in [6.07, 6.45) is 3.69. The Kier molecular flexibility index (Phi) is 5.52. The van der Waals surface area contributed by atoms with Gasteiger partial charge in [-0.3, -0.25) is 4.98 Å². The van der Waals surface area contributed by atoms with Crippen molar-refractivity contribution in [2.75, 3.05) is 19.8 Å². The van der Waals surface area contributed by atoms with E-state index in [2.05, 4.69) is 15.3 Å². The van der Waals surface area contributed by atoms with Crippen LogP contribution in [0.5, 0.6) is 5.75 Å². The Bertz CT molecular complexity index is 1260.